The summed E-state index contributed by atoms with van der Waals surface area (Å²) in [4.78, 5) is 12.1. The van der Waals surface area contributed by atoms with Gasteiger partial charge < -0.3 is 10.1 Å². The molecule has 1 fully saturated rings. The third-order valence-electron chi connectivity index (χ3n) is 4.19. The maximum Gasteiger partial charge on any atom is 0.230 e. The first kappa shape index (κ1) is 17.5. The maximum atomic E-state index is 12.1. The predicted octanol–water partition coefficient (Wildman–Crippen LogP) is 4.28. The number of halogens is 1. The monoisotopic (exact) mass is 341 g/mol. The summed E-state index contributed by atoms with van der Waals surface area (Å²) in [6.07, 6.45) is 4.84. The molecule has 0 aliphatic heterocycles. The van der Waals surface area contributed by atoms with Crippen LogP contribution in [0, 0.1) is 5.92 Å². The van der Waals surface area contributed by atoms with Crippen molar-refractivity contribution >= 4 is 29.3 Å². The average Bonchev–Trinajstić information content (AvgIpc) is 2.50. The van der Waals surface area contributed by atoms with Gasteiger partial charge in [-0.1, -0.05) is 31.4 Å². The summed E-state index contributed by atoms with van der Waals surface area (Å²) in [5.74, 6) is 2.73. The molecule has 22 heavy (non-hydrogen) atoms. The molecule has 0 spiro atoms. The van der Waals surface area contributed by atoms with Gasteiger partial charge in [-0.25, -0.2) is 0 Å². The van der Waals surface area contributed by atoms with Gasteiger partial charge in [0.05, 0.1) is 12.9 Å². The second kappa shape index (κ2) is 8.68. The van der Waals surface area contributed by atoms with E-state index in [0.29, 0.717) is 22.7 Å². The first-order valence-corrected chi connectivity index (χ1v) is 9.33. The molecule has 2 rings (SSSR count). The fourth-order valence-corrected chi connectivity index (χ4v) is 3.90. The molecule has 0 aromatic heterocycles. The zero-order chi connectivity index (χ0) is 15.9. The summed E-state index contributed by atoms with van der Waals surface area (Å²) in [7, 11) is 1.65. The Balaban J connectivity index is 1.78. The molecule has 0 heterocycles. The van der Waals surface area contributed by atoms with Crippen LogP contribution >= 0.6 is 23.4 Å². The number of carbonyl (C=O) groups excluding carboxylic acids is 1. The Labute approximate surface area is 142 Å². The van der Waals surface area contributed by atoms with Crippen molar-refractivity contribution in [1.82, 2.24) is 5.32 Å². The Bertz CT molecular complexity index is 509. The number of benzene rings is 1. The molecule has 3 nitrogen and oxygen atoms in total. The summed E-state index contributed by atoms with van der Waals surface area (Å²) < 4.78 is 5.32. The van der Waals surface area contributed by atoms with Crippen molar-refractivity contribution in [3.63, 3.8) is 0 Å². The highest BCUT2D eigenvalue weighted by Crippen LogP contribution is 2.27. The molecule has 1 amide bonds. The molecular weight excluding hydrogens is 318 g/mol. The van der Waals surface area contributed by atoms with Crippen LogP contribution in [-0.2, 0) is 10.5 Å². The largest absolute Gasteiger partial charge is 0.496 e. The number of carbonyl (C=O) groups is 1. The van der Waals surface area contributed by atoms with Crippen molar-refractivity contribution in [2.24, 2.45) is 5.92 Å². The van der Waals surface area contributed by atoms with E-state index in [-0.39, 0.29) is 5.91 Å². The van der Waals surface area contributed by atoms with Crippen LogP contribution in [0.3, 0.4) is 0 Å². The van der Waals surface area contributed by atoms with E-state index in [1.807, 2.05) is 18.2 Å². The van der Waals surface area contributed by atoms with E-state index in [2.05, 4.69) is 12.2 Å². The highest BCUT2D eigenvalue weighted by atomic mass is 35.5. The minimum atomic E-state index is 0.129. The molecule has 0 bridgehead atoms. The lowest BCUT2D eigenvalue weighted by Crippen LogP contribution is -2.41. The number of hydrogen-bond donors (Lipinski definition) is 1. The topological polar surface area (TPSA) is 38.3 Å². The number of nitrogens with one attached hydrogen (secondary N) is 1. The van der Waals surface area contributed by atoms with Crippen molar-refractivity contribution in [2.45, 2.75) is 44.4 Å². The second-order valence-corrected chi connectivity index (χ2v) is 7.31. The Kier molecular flexibility index (Phi) is 6.90. The molecule has 1 aromatic carbocycles. The molecule has 5 heteroatoms. The van der Waals surface area contributed by atoms with Gasteiger partial charge in [-0.05, 0) is 37.0 Å². The second-order valence-electron chi connectivity index (χ2n) is 5.88. The minimum Gasteiger partial charge on any atom is -0.496 e. The van der Waals surface area contributed by atoms with Crippen molar-refractivity contribution in [3.05, 3.63) is 28.8 Å². The molecule has 1 aliphatic carbocycles. The van der Waals surface area contributed by atoms with E-state index in [0.717, 1.165) is 23.5 Å². The van der Waals surface area contributed by atoms with E-state index in [1.54, 1.807) is 18.9 Å². The fraction of sp³-hybridized carbons (Fsp3) is 0.588. The molecule has 122 valence electrons. The third-order valence-corrected chi connectivity index (χ3v) is 5.41. The Hall–Kier alpha value is -0.870. The van der Waals surface area contributed by atoms with Crippen LogP contribution in [0.2, 0.25) is 5.02 Å². The first-order valence-electron chi connectivity index (χ1n) is 7.79. The standard InChI is InChI=1S/C17H24ClNO2S/c1-12-5-3-4-6-15(12)19-17(20)11-22-10-13-9-14(18)7-8-16(13)21-2/h7-9,12,15H,3-6,10-11H2,1-2H3,(H,19,20)/t12-,15+/m0/s1. The lowest BCUT2D eigenvalue weighted by molar-refractivity contribution is -0.119. The van der Waals surface area contributed by atoms with Crippen LogP contribution in [0.4, 0.5) is 0 Å². The number of ether oxygens (including phenoxy) is 1. The van der Waals surface area contributed by atoms with Crippen LogP contribution in [0.25, 0.3) is 0 Å². The van der Waals surface area contributed by atoms with Crippen LogP contribution in [0.1, 0.15) is 38.2 Å². The zero-order valence-corrected chi connectivity index (χ0v) is 14.8. The highest BCUT2D eigenvalue weighted by Gasteiger charge is 2.22. The molecule has 1 aliphatic rings. The summed E-state index contributed by atoms with van der Waals surface area (Å²) in [5, 5.41) is 3.87. The van der Waals surface area contributed by atoms with Crippen molar-refractivity contribution in [2.75, 3.05) is 12.9 Å². The maximum absolute atomic E-state index is 12.1. The lowest BCUT2D eigenvalue weighted by Gasteiger charge is -2.29. The Morgan fingerprint density at radius 1 is 1.41 bits per heavy atom. The summed E-state index contributed by atoms with van der Waals surface area (Å²) >= 11 is 7.61. The Morgan fingerprint density at radius 3 is 2.91 bits per heavy atom. The van der Waals surface area contributed by atoms with Crippen molar-refractivity contribution in [1.29, 1.82) is 0 Å². The fourth-order valence-electron chi connectivity index (χ4n) is 2.89. The minimum absolute atomic E-state index is 0.129. The normalized spacial score (nSPS) is 21.4. The van der Waals surface area contributed by atoms with Gasteiger partial charge >= 0.3 is 0 Å². The van der Waals surface area contributed by atoms with Crippen LogP contribution in [0.5, 0.6) is 5.75 Å². The lowest BCUT2D eigenvalue weighted by atomic mass is 9.86. The van der Waals surface area contributed by atoms with Crippen LogP contribution in [0.15, 0.2) is 18.2 Å². The van der Waals surface area contributed by atoms with Crippen molar-refractivity contribution in [3.8, 4) is 5.75 Å². The average molecular weight is 342 g/mol. The van der Waals surface area contributed by atoms with E-state index in [4.69, 9.17) is 16.3 Å². The van der Waals surface area contributed by atoms with E-state index < -0.39 is 0 Å². The smallest absolute Gasteiger partial charge is 0.230 e. The number of rotatable bonds is 6. The molecule has 1 N–H and O–H groups in total. The van der Waals surface area contributed by atoms with Gasteiger partial charge in [-0.3, -0.25) is 4.79 Å². The van der Waals surface area contributed by atoms with E-state index in [9.17, 15) is 4.79 Å². The first-order chi connectivity index (χ1) is 10.6. The summed E-state index contributed by atoms with van der Waals surface area (Å²) in [6.45, 7) is 2.23. The van der Waals surface area contributed by atoms with Gasteiger partial charge in [-0.2, -0.15) is 0 Å². The number of hydrogen-bond acceptors (Lipinski definition) is 3. The van der Waals surface area contributed by atoms with Gasteiger partial charge in [-0.15, -0.1) is 11.8 Å². The molecule has 1 aromatic rings. The summed E-state index contributed by atoms with van der Waals surface area (Å²) in [6, 6.07) is 5.92. The number of amides is 1. The van der Waals surface area contributed by atoms with Crippen molar-refractivity contribution < 1.29 is 9.53 Å². The molecule has 2 atom stereocenters. The highest BCUT2D eigenvalue weighted by molar-refractivity contribution is 7.99. The van der Waals surface area contributed by atoms with Crippen LogP contribution in [-0.4, -0.2) is 24.8 Å². The number of thioether (sulfide) groups is 1. The van der Waals surface area contributed by atoms with E-state index in [1.165, 1.54) is 19.3 Å². The molecule has 0 saturated heterocycles. The van der Waals surface area contributed by atoms with Gasteiger partial charge in [0.15, 0.2) is 0 Å². The molecule has 1 saturated carbocycles. The van der Waals surface area contributed by atoms with Crippen LogP contribution < -0.4 is 10.1 Å². The zero-order valence-electron chi connectivity index (χ0n) is 13.2. The SMILES string of the molecule is COc1ccc(Cl)cc1CSCC(=O)N[C@@H]1CCCC[C@@H]1C. The predicted molar refractivity (Wildman–Crippen MR) is 93.7 cm³/mol. The quantitative estimate of drug-likeness (QED) is 0.839. The third kappa shape index (κ3) is 5.10. The van der Waals surface area contributed by atoms with Gasteiger partial charge in [0.1, 0.15) is 5.75 Å². The van der Waals surface area contributed by atoms with Gasteiger partial charge in [0, 0.05) is 22.4 Å². The molecule has 0 unspecified atom stereocenters. The summed E-state index contributed by atoms with van der Waals surface area (Å²) in [5.41, 5.74) is 1.03. The Morgan fingerprint density at radius 2 is 2.18 bits per heavy atom. The van der Waals surface area contributed by atoms with E-state index >= 15 is 0 Å². The molecular formula is C17H24ClNO2S. The molecule has 0 radical (unpaired) electrons. The van der Waals surface area contributed by atoms with Gasteiger partial charge in [0.25, 0.3) is 0 Å². The van der Waals surface area contributed by atoms with Gasteiger partial charge in [0.2, 0.25) is 5.91 Å². The number of methoxy groups -OCH3 is 1.